The molecule has 2 aromatic rings. The number of quaternary nitrogens is 1. The van der Waals surface area contributed by atoms with Crippen molar-refractivity contribution in [3.63, 3.8) is 0 Å². The third-order valence-electron chi connectivity index (χ3n) is 4.46. The van der Waals surface area contributed by atoms with Crippen molar-refractivity contribution in [2.75, 3.05) is 49.5 Å². The van der Waals surface area contributed by atoms with Gasteiger partial charge >= 0.3 is 0 Å². The molecule has 5 heteroatoms. The molecule has 1 heterocycles. The minimum Gasteiger partial charge on any atom is -0.492 e. The first kappa shape index (κ1) is 17.3. The van der Waals surface area contributed by atoms with Crippen LogP contribution in [0.2, 0.25) is 0 Å². The summed E-state index contributed by atoms with van der Waals surface area (Å²) < 4.78 is 5.56. The van der Waals surface area contributed by atoms with Gasteiger partial charge in [-0.1, -0.05) is 30.3 Å². The van der Waals surface area contributed by atoms with E-state index in [0.717, 1.165) is 37.6 Å². The van der Waals surface area contributed by atoms with Gasteiger partial charge in [0.25, 0.3) is 5.91 Å². The molecule has 2 N–H and O–H groups in total. The summed E-state index contributed by atoms with van der Waals surface area (Å²) in [6.45, 7) is 6.90. The zero-order chi connectivity index (χ0) is 17.5. The van der Waals surface area contributed by atoms with Crippen molar-refractivity contribution < 1.29 is 14.4 Å². The molecule has 0 atom stereocenters. The topological polar surface area (TPSA) is 46.0 Å². The Morgan fingerprint density at radius 1 is 1.08 bits per heavy atom. The Hall–Kier alpha value is -2.53. The average molecular weight is 340 g/mol. The lowest BCUT2D eigenvalue weighted by atomic mass is 10.2. The van der Waals surface area contributed by atoms with Crippen LogP contribution in [0.5, 0.6) is 5.75 Å². The highest BCUT2D eigenvalue weighted by molar-refractivity contribution is 5.92. The Balaban J connectivity index is 1.50. The second-order valence-electron chi connectivity index (χ2n) is 6.23. The van der Waals surface area contributed by atoms with Crippen LogP contribution in [0.15, 0.2) is 54.6 Å². The smallest absolute Gasteiger partial charge is 0.279 e. The largest absolute Gasteiger partial charge is 0.492 e. The van der Waals surface area contributed by atoms with Crippen LogP contribution in [0.1, 0.15) is 6.92 Å². The number of amides is 1. The molecule has 0 spiro atoms. The van der Waals surface area contributed by atoms with Gasteiger partial charge in [0.1, 0.15) is 5.75 Å². The van der Waals surface area contributed by atoms with E-state index in [0.29, 0.717) is 13.2 Å². The number of hydrogen-bond donors (Lipinski definition) is 2. The molecule has 1 amide bonds. The molecule has 0 saturated carbocycles. The zero-order valence-electron chi connectivity index (χ0n) is 14.7. The Kier molecular flexibility index (Phi) is 5.90. The van der Waals surface area contributed by atoms with E-state index in [9.17, 15) is 4.79 Å². The molecule has 0 bridgehead atoms. The van der Waals surface area contributed by atoms with Crippen molar-refractivity contribution >= 4 is 17.3 Å². The Labute approximate surface area is 149 Å². The molecule has 1 aliphatic rings. The Morgan fingerprint density at radius 2 is 1.76 bits per heavy atom. The van der Waals surface area contributed by atoms with Gasteiger partial charge in [-0.3, -0.25) is 4.79 Å². The first-order chi connectivity index (χ1) is 12.3. The van der Waals surface area contributed by atoms with Gasteiger partial charge in [0.05, 0.1) is 38.5 Å². The normalized spacial score (nSPS) is 15.0. The summed E-state index contributed by atoms with van der Waals surface area (Å²) in [5.41, 5.74) is 2.01. The van der Waals surface area contributed by atoms with E-state index in [2.05, 4.69) is 34.5 Å². The number of benzene rings is 2. The van der Waals surface area contributed by atoms with E-state index >= 15 is 0 Å². The number of hydrogen-bond acceptors (Lipinski definition) is 3. The van der Waals surface area contributed by atoms with Crippen molar-refractivity contribution in [3.8, 4) is 5.75 Å². The van der Waals surface area contributed by atoms with E-state index < -0.39 is 0 Å². The maximum atomic E-state index is 12.4. The summed E-state index contributed by atoms with van der Waals surface area (Å²) in [5.74, 6) is 0.762. The number of anilines is 2. The van der Waals surface area contributed by atoms with E-state index in [1.807, 2.05) is 37.3 Å². The number of carbonyl (C=O) groups excluding carboxylic acids is 1. The monoisotopic (exact) mass is 340 g/mol. The van der Waals surface area contributed by atoms with Gasteiger partial charge in [0.15, 0.2) is 6.54 Å². The number of rotatable bonds is 6. The maximum Gasteiger partial charge on any atom is 0.279 e. The molecule has 1 saturated heterocycles. The lowest BCUT2D eigenvalue weighted by molar-refractivity contribution is -0.892. The zero-order valence-corrected chi connectivity index (χ0v) is 14.7. The van der Waals surface area contributed by atoms with Crippen LogP contribution in [0.25, 0.3) is 0 Å². The third kappa shape index (κ3) is 4.73. The second kappa shape index (κ2) is 8.53. The van der Waals surface area contributed by atoms with E-state index in [1.165, 1.54) is 10.6 Å². The second-order valence-corrected chi connectivity index (χ2v) is 6.23. The highest BCUT2D eigenvalue weighted by atomic mass is 16.5. The maximum absolute atomic E-state index is 12.4. The molecule has 3 rings (SSSR count). The van der Waals surface area contributed by atoms with E-state index in [1.54, 1.807) is 0 Å². The van der Waals surface area contributed by atoms with Crippen LogP contribution >= 0.6 is 0 Å². The third-order valence-corrected chi connectivity index (χ3v) is 4.46. The number of nitrogens with one attached hydrogen (secondary N) is 2. The summed E-state index contributed by atoms with van der Waals surface area (Å²) in [6, 6.07) is 18.0. The fourth-order valence-electron chi connectivity index (χ4n) is 3.17. The molecular weight excluding hydrogens is 314 g/mol. The summed E-state index contributed by atoms with van der Waals surface area (Å²) in [6.07, 6.45) is 0. The molecule has 0 aliphatic carbocycles. The predicted octanol–water partition coefficient (Wildman–Crippen LogP) is 1.43. The molecule has 2 aromatic carbocycles. The summed E-state index contributed by atoms with van der Waals surface area (Å²) >= 11 is 0. The van der Waals surface area contributed by atoms with Crippen molar-refractivity contribution in [1.82, 2.24) is 0 Å². The number of ether oxygens (including phenoxy) is 1. The fraction of sp³-hybridized carbons (Fsp3) is 0.350. The van der Waals surface area contributed by atoms with Gasteiger partial charge in [-0.25, -0.2) is 0 Å². The van der Waals surface area contributed by atoms with Crippen LogP contribution in [0.3, 0.4) is 0 Å². The van der Waals surface area contributed by atoms with Gasteiger partial charge < -0.3 is 19.9 Å². The van der Waals surface area contributed by atoms with Crippen LogP contribution in [-0.4, -0.2) is 45.2 Å². The molecule has 1 aliphatic heterocycles. The number of piperazine rings is 1. The quantitative estimate of drug-likeness (QED) is 0.836. The molecule has 132 valence electrons. The Bertz CT molecular complexity index is 682. The van der Waals surface area contributed by atoms with Crippen molar-refractivity contribution in [2.24, 2.45) is 0 Å². The highest BCUT2D eigenvalue weighted by Gasteiger charge is 2.22. The number of nitrogens with zero attached hydrogens (tertiary/aromatic N) is 1. The first-order valence-electron chi connectivity index (χ1n) is 8.91. The standard InChI is InChI=1S/C20H25N3O2/c1-2-25-19-11-7-6-10-18(19)21-20(24)16-22-12-14-23(15-13-22)17-8-4-3-5-9-17/h3-11H,2,12-16H2,1H3,(H,21,24)/p+1. The number of carbonyl (C=O) groups is 1. The van der Waals surface area contributed by atoms with Gasteiger partial charge in [-0.15, -0.1) is 0 Å². The van der Waals surface area contributed by atoms with Gasteiger partial charge in [0.2, 0.25) is 0 Å². The van der Waals surface area contributed by atoms with Crippen LogP contribution in [0, 0.1) is 0 Å². The van der Waals surface area contributed by atoms with Crippen molar-refractivity contribution in [2.45, 2.75) is 6.92 Å². The van der Waals surface area contributed by atoms with Gasteiger partial charge in [-0.2, -0.15) is 0 Å². The lowest BCUT2D eigenvalue weighted by Gasteiger charge is -2.33. The summed E-state index contributed by atoms with van der Waals surface area (Å²) in [4.78, 5) is 16.1. The molecule has 1 fully saturated rings. The first-order valence-corrected chi connectivity index (χ1v) is 8.91. The number of para-hydroxylation sites is 3. The molecular formula is C20H26N3O2+. The molecule has 0 aromatic heterocycles. The molecule has 0 radical (unpaired) electrons. The fourth-order valence-corrected chi connectivity index (χ4v) is 3.17. The van der Waals surface area contributed by atoms with Crippen molar-refractivity contribution in [3.05, 3.63) is 54.6 Å². The minimum absolute atomic E-state index is 0.0373. The van der Waals surface area contributed by atoms with Gasteiger partial charge in [0, 0.05) is 5.69 Å². The van der Waals surface area contributed by atoms with Crippen LogP contribution in [-0.2, 0) is 4.79 Å². The van der Waals surface area contributed by atoms with Crippen molar-refractivity contribution in [1.29, 1.82) is 0 Å². The van der Waals surface area contributed by atoms with E-state index in [-0.39, 0.29) is 5.91 Å². The summed E-state index contributed by atoms with van der Waals surface area (Å²) in [7, 11) is 0. The van der Waals surface area contributed by atoms with Gasteiger partial charge in [-0.05, 0) is 31.2 Å². The highest BCUT2D eigenvalue weighted by Crippen LogP contribution is 2.23. The minimum atomic E-state index is 0.0373. The van der Waals surface area contributed by atoms with Crippen LogP contribution in [0.4, 0.5) is 11.4 Å². The SMILES string of the molecule is CCOc1ccccc1NC(=O)C[NH+]1CCN(c2ccccc2)CC1. The summed E-state index contributed by atoms with van der Waals surface area (Å²) in [5, 5.41) is 2.99. The lowest BCUT2D eigenvalue weighted by Crippen LogP contribution is -3.15. The molecule has 25 heavy (non-hydrogen) atoms. The average Bonchev–Trinajstić information content (AvgIpc) is 2.65. The van der Waals surface area contributed by atoms with Crippen LogP contribution < -0.4 is 19.9 Å². The molecule has 5 nitrogen and oxygen atoms in total. The predicted molar refractivity (Wildman–Crippen MR) is 100 cm³/mol. The molecule has 0 unspecified atom stereocenters. The Morgan fingerprint density at radius 3 is 2.48 bits per heavy atom. The van der Waals surface area contributed by atoms with E-state index in [4.69, 9.17) is 4.74 Å².